The predicted octanol–water partition coefficient (Wildman–Crippen LogP) is 0.118. The van der Waals surface area contributed by atoms with Crippen LogP contribution in [0.15, 0.2) is 0 Å². The van der Waals surface area contributed by atoms with Crippen LogP contribution in [0, 0.1) is 17.2 Å². The highest BCUT2D eigenvalue weighted by Gasteiger charge is 2.23. The number of hydrogen-bond acceptors (Lipinski definition) is 4. The van der Waals surface area contributed by atoms with Crippen LogP contribution in [-0.2, 0) is 14.4 Å². The molecule has 0 aliphatic carbocycles. The number of rotatable bonds is 7. The van der Waals surface area contributed by atoms with Crippen molar-refractivity contribution in [1.82, 2.24) is 10.6 Å². The molecule has 0 aliphatic heterocycles. The largest absolute Gasteiger partial charge is 0.347 e. The molecule has 2 atom stereocenters. The third kappa shape index (κ3) is 5.56. The number of Topliss-reactive ketones (excluding diaryl/α,β-unsaturated/α-hetero) is 1. The Balaban J connectivity index is 4.33. The molecule has 0 aliphatic rings. The van der Waals surface area contributed by atoms with Crippen LogP contribution in [0.3, 0.4) is 0 Å². The Morgan fingerprint density at radius 3 is 2.11 bits per heavy atom. The second-order valence-electron chi connectivity index (χ2n) is 4.59. The normalized spacial score (nSPS) is 13.6. The lowest BCUT2D eigenvalue weighted by atomic mass is 9.96. The molecule has 6 heteroatoms. The monoisotopic (exact) mass is 255 g/mol. The molecule has 0 bridgehead atoms. The van der Waals surface area contributed by atoms with Crippen LogP contribution in [0.25, 0.3) is 0 Å². The lowest BCUT2D eigenvalue weighted by Crippen LogP contribution is -2.48. The quantitative estimate of drug-likeness (QED) is 0.563. The number of carbonyl (C=O) groups is 3. The van der Waals surface area contributed by atoms with Gasteiger partial charge in [-0.25, -0.2) is 0 Å². The van der Waals surface area contributed by atoms with Crippen LogP contribution in [0.4, 0.5) is 0 Å². The Morgan fingerprint density at radius 2 is 1.72 bits per heavy atom. The first kappa shape index (κ1) is 16.3. The zero-order valence-corrected chi connectivity index (χ0v) is 11.2. The highest BCUT2D eigenvalue weighted by atomic mass is 16.2. The minimum absolute atomic E-state index is 0.00465. The molecule has 0 spiro atoms. The molecule has 2 amide bonds. The molecule has 0 aromatic rings. The van der Waals surface area contributed by atoms with Gasteiger partial charge in [0.1, 0.15) is 11.8 Å². The summed E-state index contributed by atoms with van der Waals surface area (Å²) < 4.78 is 0. The van der Waals surface area contributed by atoms with E-state index in [9.17, 15) is 14.4 Å². The first-order valence-corrected chi connectivity index (χ1v) is 5.87. The van der Waals surface area contributed by atoms with Crippen molar-refractivity contribution in [2.75, 3.05) is 6.54 Å². The molecule has 3 N–H and O–H groups in total. The minimum Gasteiger partial charge on any atom is -0.347 e. The Morgan fingerprint density at radius 1 is 1.17 bits per heavy atom. The maximum absolute atomic E-state index is 11.8. The molecule has 102 valence electrons. The molecular formula is C12H21N3O3. The van der Waals surface area contributed by atoms with E-state index < -0.39 is 17.9 Å². The smallest absolute Gasteiger partial charge is 0.242 e. The molecule has 0 heterocycles. The predicted molar refractivity (Wildman–Crippen MR) is 68.4 cm³/mol. The minimum atomic E-state index is -0.724. The van der Waals surface area contributed by atoms with Gasteiger partial charge in [-0.2, -0.15) is 0 Å². The van der Waals surface area contributed by atoms with E-state index in [2.05, 4.69) is 10.6 Å². The van der Waals surface area contributed by atoms with Gasteiger partial charge in [-0.05, 0) is 19.8 Å². The van der Waals surface area contributed by atoms with Gasteiger partial charge >= 0.3 is 0 Å². The zero-order valence-electron chi connectivity index (χ0n) is 11.2. The summed E-state index contributed by atoms with van der Waals surface area (Å²) in [5.74, 6) is -1.47. The third-order valence-corrected chi connectivity index (χ3v) is 2.46. The highest BCUT2D eigenvalue weighted by Crippen LogP contribution is 2.08. The number of nitrogens with one attached hydrogen (secondary N) is 3. The van der Waals surface area contributed by atoms with Crippen molar-refractivity contribution in [3.63, 3.8) is 0 Å². The molecule has 0 aromatic heterocycles. The molecule has 0 aromatic carbocycles. The van der Waals surface area contributed by atoms with Crippen molar-refractivity contribution in [2.24, 2.45) is 11.8 Å². The molecule has 0 saturated carbocycles. The van der Waals surface area contributed by atoms with Gasteiger partial charge in [0.15, 0.2) is 0 Å². The van der Waals surface area contributed by atoms with E-state index in [1.54, 1.807) is 0 Å². The van der Waals surface area contributed by atoms with Gasteiger partial charge in [0, 0.05) is 6.21 Å². The van der Waals surface area contributed by atoms with Crippen molar-refractivity contribution in [3.05, 3.63) is 0 Å². The van der Waals surface area contributed by atoms with E-state index in [1.807, 2.05) is 13.8 Å². The summed E-state index contributed by atoms with van der Waals surface area (Å²) in [6.07, 6.45) is 1.07. The summed E-state index contributed by atoms with van der Waals surface area (Å²) in [4.78, 5) is 34.0. The molecule has 0 unspecified atom stereocenters. The molecule has 6 nitrogen and oxygen atoms in total. The standard InChI is InChI=1S/C12H21N3O3/c1-7(2)10(5-13)12(18)15-9(4)11(17)14-6-8(3)16/h5,7,9-10,13H,6H2,1-4H3,(H,14,17)(H,15,18)/t9-,10-/m0/s1. The van der Waals surface area contributed by atoms with Crippen molar-refractivity contribution in [1.29, 1.82) is 5.41 Å². The Labute approximate surface area is 107 Å². The van der Waals surface area contributed by atoms with Gasteiger partial charge in [-0.3, -0.25) is 14.4 Å². The van der Waals surface area contributed by atoms with Gasteiger partial charge in [-0.15, -0.1) is 0 Å². The number of hydrogen-bond donors (Lipinski definition) is 3. The van der Waals surface area contributed by atoms with E-state index in [0.717, 1.165) is 6.21 Å². The van der Waals surface area contributed by atoms with Crippen LogP contribution in [0.2, 0.25) is 0 Å². The van der Waals surface area contributed by atoms with E-state index >= 15 is 0 Å². The summed E-state index contributed by atoms with van der Waals surface area (Å²) in [7, 11) is 0. The Bertz CT molecular complexity index is 339. The van der Waals surface area contributed by atoms with Crippen LogP contribution >= 0.6 is 0 Å². The zero-order chi connectivity index (χ0) is 14.3. The molecule has 0 rings (SSSR count). The van der Waals surface area contributed by atoms with Gasteiger partial charge in [0.2, 0.25) is 11.8 Å². The Kier molecular flexibility index (Phi) is 6.85. The fourth-order valence-electron chi connectivity index (χ4n) is 1.31. The first-order valence-electron chi connectivity index (χ1n) is 5.87. The van der Waals surface area contributed by atoms with Crippen LogP contribution in [0.1, 0.15) is 27.7 Å². The van der Waals surface area contributed by atoms with E-state index in [1.165, 1.54) is 13.8 Å². The Hall–Kier alpha value is -1.72. The third-order valence-electron chi connectivity index (χ3n) is 2.46. The van der Waals surface area contributed by atoms with Gasteiger partial charge in [0.25, 0.3) is 0 Å². The average molecular weight is 255 g/mol. The molecule has 0 radical (unpaired) electrons. The molecular weight excluding hydrogens is 234 g/mol. The first-order chi connectivity index (χ1) is 8.29. The summed E-state index contributed by atoms with van der Waals surface area (Å²) in [5.41, 5.74) is 0. The van der Waals surface area contributed by atoms with Crippen LogP contribution in [0.5, 0.6) is 0 Å². The SMILES string of the molecule is CC(=O)CNC(=O)[C@H](C)NC(=O)[C@@H](C=N)C(C)C. The van der Waals surface area contributed by atoms with Crippen LogP contribution < -0.4 is 10.6 Å². The summed E-state index contributed by atoms with van der Waals surface area (Å²) in [5, 5.41) is 12.1. The number of carbonyl (C=O) groups excluding carboxylic acids is 3. The molecule has 0 saturated heterocycles. The van der Waals surface area contributed by atoms with Gasteiger partial charge in [0.05, 0.1) is 12.5 Å². The van der Waals surface area contributed by atoms with E-state index in [-0.39, 0.29) is 24.2 Å². The molecule has 18 heavy (non-hydrogen) atoms. The second-order valence-corrected chi connectivity index (χ2v) is 4.59. The maximum Gasteiger partial charge on any atom is 0.242 e. The topological polar surface area (TPSA) is 99.1 Å². The lowest BCUT2D eigenvalue weighted by molar-refractivity contribution is -0.130. The average Bonchev–Trinajstić information content (AvgIpc) is 2.25. The maximum atomic E-state index is 11.8. The summed E-state index contributed by atoms with van der Waals surface area (Å²) in [6.45, 7) is 6.52. The van der Waals surface area contributed by atoms with Crippen molar-refractivity contribution >= 4 is 23.8 Å². The van der Waals surface area contributed by atoms with Crippen molar-refractivity contribution < 1.29 is 14.4 Å². The van der Waals surface area contributed by atoms with Crippen LogP contribution in [-0.4, -0.2) is 36.4 Å². The lowest BCUT2D eigenvalue weighted by Gasteiger charge is -2.19. The highest BCUT2D eigenvalue weighted by molar-refractivity contribution is 5.96. The fourth-order valence-corrected chi connectivity index (χ4v) is 1.31. The van der Waals surface area contributed by atoms with Crippen molar-refractivity contribution in [2.45, 2.75) is 33.7 Å². The molecule has 0 fully saturated rings. The van der Waals surface area contributed by atoms with Crippen molar-refractivity contribution in [3.8, 4) is 0 Å². The van der Waals surface area contributed by atoms with E-state index in [0.29, 0.717) is 0 Å². The van der Waals surface area contributed by atoms with E-state index in [4.69, 9.17) is 5.41 Å². The number of amides is 2. The summed E-state index contributed by atoms with van der Waals surface area (Å²) in [6, 6.07) is -0.724. The van der Waals surface area contributed by atoms with Gasteiger partial charge in [-0.1, -0.05) is 13.8 Å². The second kappa shape index (κ2) is 7.58. The fraction of sp³-hybridized carbons (Fsp3) is 0.667. The summed E-state index contributed by atoms with van der Waals surface area (Å²) >= 11 is 0. The number of ketones is 1. The van der Waals surface area contributed by atoms with Gasteiger partial charge < -0.3 is 16.0 Å².